The van der Waals surface area contributed by atoms with Crippen molar-refractivity contribution in [3.63, 3.8) is 0 Å². The maximum Gasteiger partial charge on any atom is 0.419 e. The summed E-state index contributed by atoms with van der Waals surface area (Å²) in [6, 6.07) is 3.99. The van der Waals surface area contributed by atoms with Crippen LogP contribution in [0.5, 0.6) is 5.75 Å². The number of benzene rings is 1. The summed E-state index contributed by atoms with van der Waals surface area (Å²) in [6.45, 7) is -0.305. The largest absolute Gasteiger partial charge is 0.484 e. The van der Waals surface area contributed by atoms with Crippen LogP contribution in [-0.4, -0.2) is 31.0 Å². The Hall–Kier alpha value is -2.30. The van der Waals surface area contributed by atoms with Crippen molar-refractivity contribution in [1.29, 1.82) is 5.26 Å². The second-order valence-corrected chi connectivity index (χ2v) is 4.15. The van der Waals surface area contributed by atoms with E-state index in [0.29, 0.717) is 12.1 Å². The summed E-state index contributed by atoms with van der Waals surface area (Å²) in [6.07, 6.45) is -4.70. The van der Waals surface area contributed by atoms with Gasteiger partial charge < -0.3 is 9.64 Å². The van der Waals surface area contributed by atoms with Crippen molar-refractivity contribution in [2.45, 2.75) is 12.6 Å². The summed E-state index contributed by atoms with van der Waals surface area (Å²) in [5.41, 5.74) is -1.45. The zero-order chi connectivity index (χ0) is 16.0. The van der Waals surface area contributed by atoms with Gasteiger partial charge in [-0.15, -0.1) is 0 Å². The fourth-order valence-corrected chi connectivity index (χ4v) is 1.41. The highest BCUT2D eigenvalue weighted by Crippen LogP contribution is 2.33. The van der Waals surface area contributed by atoms with E-state index in [9.17, 15) is 22.4 Å². The van der Waals surface area contributed by atoms with Crippen LogP contribution in [0.3, 0.4) is 0 Å². The number of alkyl halides is 3. The minimum atomic E-state index is -4.84. The van der Waals surface area contributed by atoms with Crippen LogP contribution < -0.4 is 4.74 Å². The number of amides is 1. The lowest BCUT2D eigenvalue weighted by molar-refractivity contribution is -0.140. The molecule has 0 aliphatic heterocycles. The highest BCUT2D eigenvalue weighted by atomic mass is 19.4. The van der Waals surface area contributed by atoms with Crippen molar-refractivity contribution in [3.8, 4) is 11.8 Å². The third-order valence-corrected chi connectivity index (χ3v) is 2.59. The summed E-state index contributed by atoms with van der Waals surface area (Å²) < 4.78 is 55.5. The number of carbonyl (C=O) groups excluding carboxylic acids is 1. The van der Waals surface area contributed by atoms with Crippen LogP contribution >= 0.6 is 0 Å². The van der Waals surface area contributed by atoms with E-state index in [2.05, 4.69) is 0 Å². The van der Waals surface area contributed by atoms with Gasteiger partial charge in [0.05, 0.1) is 18.1 Å². The molecule has 0 spiro atoms. The molecule has 0 heterocycles. The van der Waals surface area contributed by atoms with Crippen molar-refractivity contribution < 1.29 is 27.1 Å². The van der Waals surface area contributed by atoms with E-state index in [4.69, 9.17) is 10.00 Å². The SMILES string of the molecule is CN(CCC#N)C(=O)COc1ccc(F)c(C(F)(F)F)c1. The highest BCUT2D eigenvalue weighted by Gasteiger charge is 2.34. The molecule has 0 unspecified atom stereocenters. The minimum absolute atomic E-state index is 0.136. The van der Waals surface area contributed by atoms with Gasteiger partial charge in [0, 0.05) is 13.6 Å². The van der Waals surface area contributed by atoms with Crippen molar-refractivity contribution >= 4 is 5.91 Å². The smallest absolute Gasteiger partial charge is 0.419 e. The van der Waals surface area contributed by atoms with Gasteiger partial charge in [-0.2, -0.15) is 18.4 Å². The first-order valence-electron chi connectivity index (χ1n) is 5.86. The average Bonchev–Trinajstić information content (AvgIpc) is 2.42. The zero-order valence-electron chi connectivity index (χ0n) is 11.1. The molecule has 0 saturated carbocycles. The van der Waals surface area contributed by atoms with Gasteiger partial charge >= 0.3 is 6.18 Å². The van der Waals surface area contributed by atoms with E-state index >= 15 is 0 Å². The number of rotatable bonds is 5. The summed E-state index contributed by atoms with van der Waals surface area (Å²) in [5, 5.41) is 8.38. The predicted molar refractivity (Wildman–Crippen MR) is 64.8 cm³/mol. The van der Waals surface area contributed by atoms with Crippen LogP contribution in [0.1, 0.15) is 12.0 Å². The maximum atomic E-state index is 13.1. The number of nitriles is 1. The fourth-order valence-electron chi connectivity index (χ4n) is 1.41. The first-order chi connectivity index (χ1) is 9.75. The van der Waals surface area contributed by atoms with Crippen LogP contribution in [-0.2, 0) is 11.0 Å². The number of hydrogen-bond acceptors (Lipinski definition) is 3. The van der Waals surface area contributed by atoms with Gasteiger partial charge in [0.15, 0.2) is 6.61 Å². The molecule has 0 aliphatic carbocycles. The molecule has 4 nitrogen and oxygen atoms in total. The molecule has 21 heavy (non-hydrogen) atoms. The fraction of sp³-hybridized carbons (Fsp3) is 0.385. The second-order valence-electron chi connectivity index (χ2n) is 4.15. The molecule has 1 amide bonds. The van der Waals surface area contributed by atoms with Gasteiger partial charge in [-0.05, 0) is 18.2 Å². The van der Waals surface area contributed by atoms with Crippen molar-refractivity contribution in [2.24, 2.45) is 0 Å². The molecule has 1 rings (SSSR count). The van der Waals surface area contributed by atoms with E-state index in [0.717, 1.165) is 6.07 Å². The Morgan fingerprint density at radius 1 is 1.43 bits per heavy atom. The van der Waals surface area contributed by atoms with Crippen LogP contribution in [0.15, 0.2) is 18.2 Å². The molecular weight excluding hydrogens is 292 g/mol. The monoisotopic (exact) mass is 304 g/mol. The Labute approximate surface area is 118 Å². The zero-order valence-corrected chi connectivity index (χ0v) is 11.1. The summed E-state index contributed by atoms with van der Waals surface area (Å²) in [7, 11) is 1.44. The number of hydrogen-bond donors (Lipinski definition) is 0. The lowest BCUT2D eigenvalue weighted by Gasteiger charge is -2.16. The minimum Gasteiger partial charge on any atom is -0.484 e. The quantitative estimate of drug-likeness (QED) is 0.786. The van der Waals surface area contributed by atoms with Crippen LogP contribution in [0.2, 0.25) is 0 Å². The van der Waals surface area contributed by atoms with E-state index in [-0.39, 0.29) is 18.7 Å². The van der Waals surface area contributed by atoms with Crippen LogP contribution in [0.4, 0.5) is 17.6 Å². The number of carbonyl (C=O) groups is 1. The molecule has 1 aromatic rings. The number of likely N-dealkylation sites (N-methyl/N-ethyl adjacent to an activating group) is 1. The number of halogens is 4. The van der Waals surface area contributed by atoms with E-state index in [1.54, 1.807) is 0 Å². The lowest BCUT2D eigenvalue weighted by Crippen LogP contribution is -2.32. The van der Waals surface area contributed by atoms with Gasteiger partial charge in [0.2, 0.25) is 0 Å². The summed E-state index contributed by atoms with van der Waals surface area (Å²) in [4.78, 5) is 12.8. The van der Waals surface area contributed by atoms with Crippen LogP contribution in [0, 0.1) is 17.1 Å². The highest BCUT2D eigenvalue weighted by molar-refractivity contribution is 5.77. The molecular formula is C13H12F4N2O2. The standard InChI is InChI=1S/C13H12F4N2O2/c1-19(6-2-5-18)12(20)8-21-9-3-4-11(14)10(7-9)13(15,16)17/h3-4,7H,2,6,8H2,1H3. The Bertz CT molecular complexity index is 552. The van der Waals surface area contributed by atoms with Gasteiger partial charge in [0.1, 0.15) is 11.6 Å². The predicted octanol–water partition coefficient (Wildman–Crippen LogP) is 2.60. The number of nitrogens with zero attached hydrogens (tertiary/aromatic N) is 2. The third-order valence-electron chi connectivity index (χ3n) is 2.59. The molecule has 0 radical (unpaired) electrons. The topological polar surface area (TPSA) is 53.3 Å². The molecule has 0 aromatic heterocycles. The lowest BCUT2D eigenvalue weighted by atomic mass is 10.2. The van der Waals surface area contributed by atoms with Gasteiger partial charge in [0.25, 0.3) is 5.91 Å². The van der Waals surface area contributed by atoms with Gasteiger partial charge in [-0.3, -0.25) is 4.79 Å². The Morgan fingerprint density at radius 2 is 2.10 bits per heavy atom. The van der Waals surface area contributed by atoms with Crippen molar-refractivity contribution in [1.82, 2.24) is 4.90 Å². The van der Waals surface area contributed by atoms with Crippen molar-refractivity contribution in [2.75, 3.05) is 20.2 Å². The maximum absolute atomic E-state index is 13.1. The first-order valence-corrected chi connectivity index (χ1v) is 5.86. The molecule has 1 aromatic carbocycles. The summed E-state index contributed by atoms with van der Waals surface area (Å²) in [5.74, 6) is -2.17. The van der Waals surface area contributed by atoms with E-state index < -0.39 is 30.1 Å². The molecule has 0 aliphatic rings. The van der Waals surface area contributed by atoms with Crippen molar-refractivity contribution in [3.05, 3.63) is 29.6 Å². The van der Waals surface area contributed by atoms with Gasteiger partial charge in [-0.25, -0.2) is 4.39 Å². The summed E-state index contributed by atoms with van der Waals surface area (Å²) >= 11 is 0. The molecule has 0 N–H and O–H groups in total. The molecule has 0 atom stereocenters. The molecule has 0 saturated heterocycles. The van der Waals surface area contributed by atoms with Gasteiger partial charge in [-0.1, -0.05) is 0 Å². The molecule has 0 fully saturated rings. The number of ether oxygens (including phenoxy) is 1. The Kier molecular flexibility index (Phi) is 5.52. The van der Waals surface area contributed by atoms with E-state index in [1.165, 1.54) is 11.9 Å². The molecule has 0 bridgehead atoms. The first kappa shape index (κ1) is 16.8. The Morgan fingerprint density at radius 3 is 2.67 bits per heavy atom. The molecule has 8 heteroatoms. The normalized spacial score (nSPS) is 10.9. The Balaban J connectivity index is 2.69. The second kappa shape index (κ2) is 6.92. The third kappa shape index (κ3) is 4.95. The average molecular weight is 304 g/mol. The van der Waals surface area contributed by atoms with E-state index in [1.807, 2.05) is 6.07 Å². The van der Waals surface area contributed by atoms with Crippen LogP contribution in [0.25, 0.3) is 0 Å². The molecule has 114 valence electrons.